The van der Waals surface area contributed by atoms with Gasteiger partial charge in [0, 0.05) is 25.7 Å². The number of rotatable bonds is 5. The van der Waals surface area contributed by atoms with Crippen LogP contribution in [0.2, 0.25) is 0 Å². The van der Waals surface area contributed by atoms with E-state index in [9.17, 15) is 4.79 Å². The molecule has 0 bridgehead atoms. The van der Waals surface area contributed by atoms with E-state index in [0.29, 0.717) is 12.0 Å². The first-order chi connectivity index (χ1) is 10.8. The molecule has 0 unspecified atom stereocenters. The number of nitrogens with zero attached hydrogens (tertiary/aromatic N) is 2. The standard InChI is InChI=1S/C17H29N3O2/c21-17(18-14-3-4-14)15-11-13-5-8-20(12-16(13)22-15)10-9-19-6-1-2-7-19/h13-16H,1-12H2,(H,18,21)/t13-,15+,16-/m0/s1. The summed E-state index contributed by atoms with van der Waals surface area (Å²) >= 11 is 0. The number of piperidine rings is 1. The Balaban J connectivity index is 1.23. The van der Waals surface area contributed by atoms with E-state index in [2.05, 4.69) is 15.1 Å². The lowest BCUT2D eigenvalue weighted by atomic mass is 9.91. The molecule has 0 spiro atoms. The molecule has 3 aliphatic heterocycles. The van der Waals surface area contributed by atoms with Crippen LogP contribution in [0.4, 0.5) is 0 Å². The molecular formula is C17H29N3O2. The molecule has 3 atom stereocenters. The minimum Gasteiger partial charge on any atom is -0.364 e. The van der Waals surface area contributed by atoms with Gasteiger partial charge in [-0.05, 0) is 64.1 Å². The summed E-state index contributed by atoms with van der Waals surface area (Å²) in [5.74, 6) is 0.735. The number of ether oxygens (including phenoxy) is 1. The van der Waals surface area contributed by atoms with Crippen molar-refractivity contribution in [1.29, 1.82) is 0 Å². The van der Waals surface area contributed by atoms with Gasteiger partial charge in [0.15, 0.2) is 0 Å². The summed E-state index contributed by atoms with van der Waals surface area (Å²) in [7, 11) is 0. The molecule has 4 aliphatic rings. The predicted octanol–water partition coefficient (Wildman–Crippen LogP) is 0.840. The summed E-state index contributed by atoms with van der Waals surface area (Å²) in [6, 6.07) is 0.440. The van der Waals surface area contributed by atoms with Crippen LogP contribution < -0.4 is 5.32 Å². The summed E-state index contributed by atoms with van der Waals surface area (Å²) in [5.41, 5.74) is 0. The normalized spacial score (nSPS) is 36.5. The number of nitrogens with one attached hydrogen (secondary N) is 1. The molecule has 4 rings (SSSR count). The molecular weight excluding hydrogens is 278 g/mol. The quantitative estimate of drug-likeness (QED) is 0.817. The van der Waals surface area contributed by atoms with Crippen LogP contribution >= 0.6 is 0 Å². The largest absolute Gasteiger partial charge is 0.364 e. The third kappa shape index (κ3) is 3.47. The van der Waals surface area contributed by atoms with Gasteiger partial charge in [-0.25, -0.2) is 0 Å². The smallest absolute Gasteiger partial charge is 0.249 e. The molecule has 3 saturated heterocycles. The Kier molecular flexibility index (Phi) is 4.38. The van der Waals surface area contributed by atoms with E-state index >= 15 is 0 Å². The maximum Gasteiger partial charge on any atom is 0.249 e. The molecule has 1 amide bonds. The average Bonchev–Trinajstić information content (AvgIpc) is 3.04. The monoisotopic (exact) mass is 307 g/mol. The second-order valence-electron chi connectivity index (χ2n) is 7.58. The van der Waals surface area contributed by atoms with E-state index in [0.717, 1.165) is 32.4 Å². The second-order valence-corrected chi connectivity index (χ2v) is 7.58. The molecule has 1 N–H and O–H groups in total. The van der Waals surface area contributed by atoms with Crippen LogP contribution in [0.15, 0.2) is 0 Å². The highest BCUT2D eigenvalue weighted by molar-refractivity contribution is 5.81. The molecule has 0 aromatic carbocycles. The van der Waals surface area contributed by atoms with Crippen LogP contribution in [0.1, 0.15) is 38.5 Å². The Labute approximate surface area is 133 Å². The van der Waals surface area contributed by atoms with Crippen LogP contribution in [-0.4, -0.2) is 73.2 Å². The van der Waals surface area contributed by atoms with Gasteiger partial charge in [0.05, 0.1) is 6.10 Å². The van der Waals surface area contributed by atoms with Crippen LogP contribution in [0.25, 0.3) is 0 Å². The van der Waals surface area contributed by atoms with Gasteiger partial charge in [-0.2, -0.15) is 0 Å². The topological polar surface area (TPSA) is 44.8 Å². The van der Waals surface area contributed by atoms with E-state index in [1.165, 1.54) is 45.4 Å². The van der Waals surface area contributed by atoms with Crippen molar-refractivity contribution in [2.75, 3.05) is 39.3 Å². The fraction of sp³-hybridized carbons (Fsp3) is 0.941. The van der Waals surface area contributed by atoms with E-state index < -0.39 is 0 Å². The van der Waals surface area contributed by atoms with Crippen LogP contribution in [0.3, 0.4) is 0 Å². The molecule has 22 heavy (non-hydrogen) atoms. The first-order valence-electron chi connectivity index (χ1n) is 9.18. The Morgan fingerprint density at radius 1 is 1.05 bits per heavy atom. The van der Waals surface area contributed by atoms with Gasteiger partial charge in [0.1, 0.15) is 6.10 Å². The third-order valence-corrected chi connectivity index (χ3v) is 5.78. The Bertz CT molecular complexity index is 407. The van der Waals surface area contributed by atoms with Crippen molar-refractivity contribution >= 4 is 5.91 Å². The van der Waals surface area contributed by atoms with Crippen molar-refractivity contribution in [2.24, 2.45) is 5.92 Å². The Morgan fingerprint density at radius 3 is 2.59 bits per heavy atom. The maximum absolute atomic E-state index is 12.2. The lowest BCUT2D eigenvalue weighted by Crippen LogP contribution is -2.45. The van der Waals surface area contributed by atoms with E-state index in [1.54, 1.807) is 0 Å². The molecule has 1 saturated carbocycles. The van der Waals surface area contributed by atoms with Crippen LogP contribution in [-0.2, 0) is 9.53 Å². The highest BCUT2D eigenvalue weighted by Crippen LogP contribution is 2.33. The van der Waals surface area contributed by atoms with Crippen LogP contribution in [0.5, 0.6) is 0 Å². The second kappa shape index (κ2) is 6.46. The number of hydrogen-bond donors (Lipinski definition) is 1. The number of carbonyl (C=O) groups is 1. The minimum absolute atomic E-state index is 0.139. The van der Waals surface area contributed by atoms with Gasteiger partial charge >= 0.3 is 0 Å². The molecule has 0 radical (unpaired) electrons. The zero-order valence-corrected chi connectivity index (χ0v) is 13.5. The maximum atomic E-state index is 12.2. The summed E-state index contributed by atoms with van der Waals surface area (Å²) < 4.78 is 6.09. The predicted molar refractivity (Wildman–Crippen MR) is 84.7 cm³/mol. The fourth-order valence-corrected chi connectivity index (χ4v) is 4.18. The minimum atomic E-state index is -0.186. The SMILES string of the molecule is O=C(NC1CC1)[C@H]1C[C@@H]2CCN(CCN3CCCC3)C[C@@H]2O1. The molecule has 3 heterocycles. The summed E-state index contributed by atoms with van der Waals surface area (Å²) in [4.78, 5) is 17.3. The fourth-order valence-electron chi connectivity index (χ4n) is 4.18. The van der Waals surface area contributed by atoms with Gasteiger partial charge in [-0.15, -0.1) is 0 Å². The highest BCUT2D eigenvalue weighted by atomic mass is 16.5. The Morgan fingerprint density at radius 2 is 1.82 bits per heavy atom. The summed E-state index contributed by atoms with van der Waals surface area (Å²) in [5, 5.41) is 3.09. The van der Waals surface area contributed by atoms with Gasteiger partial charge in [0.25, 0.3) is 0 Å². The molecule has 5 nitrogen and oxygen atoms in total. The zero-order valence-electron chi connectivity index (χ0n) is 13.5. The number of likely N-dealkylation sites (tertiary alicyclic amines) is 2. The molecule has 4 fully saturated rings. The number of hydrogen-bond acceptors (Lipinski definition) is 4. The first kappa shape index (κ1) is 14.9. The average molecular weight is 307 g/mol. The summed E-state index contributed by atoms with van der Waals surface area (Å²) in [6.07, 6.45) is 7.25. The lowest BCUT2D eigenvalue weighted by Gasteiger charge is -2.34. The molecule has 124 valence electrons. The molecule has 0 aromatic rings. The van der Waals surface area contributed by atoms with E-state index in [4.69, 9.17) is 4.74 Å². The van der Waals surface area contributed by atoms with Gasteiger partial charge in [-0.3, -0.25) is 9.69 Å². The lowest BCUT2D eigenvalue weighted by molar-refractivity contribution is -0.133. The van der Waals surface area contributed by atoms with Crippen molar-refractivity contribution in [3.63, 3.8) is 0 Å². The van der Waals surface area contributed by atoms with Crippen molar-refractivity contribution in [2.45, 2.75) is 56.8 Å². The van der Waals surface area contributed by atoms with Gasteiger partial charge in [-0.1, -0.05) is 0 Å². The van der Waals surface area contributed by atoms with Crippen molar-refractivity contribution in [1.82, 2.24) is 15.1 Å². The number of amides is 1. The molecule has 0 aromatic heterocycles. The molecule has 1 aliphatic carbocycles. The zero-order chi connectivity index (χ0) is 14.9. The van der Waals surface area contributed by atoms with E-state index in [-0.39, 0.29) is 18.1 Å². The van der Waals surface area contributed by atoms with Gasteiger partial charge in [0.2, 0.25) is 5.91 Å². The van der Waals surface area contributed by atoms with Crippen molar-refractivity contribution in [3.05, 3.63) is 0 Å². The number of fused-ring (bicyclic) bond motifs is 1. The Hall–Kier alpha value is -0.650. The highest BCUT2D eigenvalue weighted by Gasteiger charge is 2.42. The van der Waals surface area contributed by atoms with Crippen molar-refractivity contribution in [3.8, 4) is 0 Å². The summed E-state index contributed by atoms with van der Waals surface area (Å²) in [6.45, 7) is 7.11. The number of carbonyl (C=O) groups excluding carboxylic acids is 1. The van der Waals surface area contributed by atoms with E-state index in [1.807, 2.05) is 0 Å². The molecule has 5 heteroatoms. The van der Waals surface area contributed by atoms with Crippen LogP contribution in [0, 0.1) is 5.92 Å². The third-order valence-electron chi connectivity index (χ3n) is 5.78. The van der Waals surface area contributed by atoms with Crippen molar-refractivity contribution < 1.29 is 9.53 Å². The van der Waals surface area contributed by atoms with Gasteiger partial charge < -0.3 is 15.0 Å². The first-order valence-corrected chi connectivity index (χ1v) is 9.18.